The molecule has 2 aromatic carbocycles. The number of anilines is 1. The maximum atomic E-state index is 16.5. The first-order valence-electron chi connectivity index (χ1n) is 17.3. The summed E-state index contributed by atoms with van der Waals surface area (Å²) in [6.45, 7) is 9.77. The van der Waals surface area contributed by atoms with E-state index >= 15 is 4.39 Å². The van der Waals surface area contributed by atoms with Crippen LogP contribution in [0.15, 0.2) is 36.4 Å². The molecule has 48 heavy (non-hydrogen) atoms. The van der Waals surface area contributed by atoms with Gasteiger partial charge in [0.15, 0.2) is 0 Å². The number of rotatable bonds is 12. The van der Waals surface area contributed by atoms with Gasteiger partial charge in [0.05, 0.1) is 18.8 Å². The molecule has 10 nitrogen and oxygen atoms in total. The topological polar surface area (TPSA) is 123 Å². The fraction of sp³-hybridized carbons (Fsp3) is 0.622. The molecule has 264 valence electrons. The molecule has 6 rings (SSSR count). The number of nitrogens with zero attached hydrogens (tertiary/aromatic N) is 3. The van der Waals surface area contributed by atoms with Crippen LogP contribution in [0.3, 0.4) is 0 Å². The third-order valence-electron chi connectivity index (χ3n) is 11.4. The number of aliphatic hydroxyl groups is 1. The number of carbonyl (C=O) groups excluding carboxylic acids is 2. The smallest absolute Gasteiger partial charge is 0.251 e. The van der Waals surface area contributed by atoms with Gasteiger partial charge < -0.3 is 31.3 Å². The summed E-state index contributed by atoms with van der Waals surface area (Å²) < 4.78 is 16.5. The van der Waals surface area contributed by atoms with Gasteiger partial charge >= 0.3 is 0 Å². The van der Waals surface area contributed by atoms with Crippen molar-refractivity contribution in [2.45, 2.75) is 71.4 Å². The molecule has 4 fully saturated rings. The van der Waals surface area contributed by atoms with Gasteiger partial charge in [0, 0.05) is 68.1 Å². The molecule has 0 radical (unpaired) electrons. The molecule has 4 aliphatic rings. The highest BCUT2D eigenvalue weighted by molar-refractivity contribution is 5.97. The zero-order chi connectivity index (χ0) is 35.1. The summed E-state index contributed by atoms with van der Waals surface area (Å²) in [5.74, 6) is -0.0755. The van der Waals surface area contributed by atoms with Gasteiger partial charge in [-0.2, -0.15) is 5.06 Å². The molecule has 3 saturated carbocycles. The molecule has 0 unspecified atom stereocenters. The SMILES string of the molecule is C[C@@H]1[C@@H](NC(=O)[C@@H]2[C@H]([C@H](C)O)[C@H](CN)ON2Cc2cccc(-c3cc(C(=O)NCCN(C)C)cc(N(C)C)c3)c2F)C[C@@H]2C[C@H]1C2(C)C. The average molecular weight is 667 g/mol. The number of halogens is 1. The van der Waals surface area contributed by atoms with E-state index in [1.54, 1.807) is 37.3 Å². The lowest BCUT2D eigenvalue weighted by Gasteiger charge is -2.62. The molecule has 11 heteroatoms. The highest BCUT2D eigenvalue weighted by Gasteiger charge is 2.57. The molecule has 2 aromatic rings. The summed E-state index contributed by atoms with van der Waals surface area (Å²) in [6.07, 6.45) is 0.638. The van der Waals surface area contributed by atoms with Crippen LogP contribution in [0.4, 0.5) is 10.1 Å². The lowest BCUT2D eigenvalue weighted by atomic mass is 9.45. The maximum absolute atomic E-state index is 16.5. The number of hydrogen-bond acceptors (Lipinski definition) is 8. The van der Waals surface area contributed by atoms with E-state index in [1.165, 1.54) is 11.5 Å². The first-order valence-corrected chi connectivity index (χ1v) is 17.3. The van der Waals surface area contributed by atoms with E-state index in [4.69, 9.17) is 10.6 Å². The first-order chi connectivity index (χ1) is 22.6. The second-order valence-electron chi connectivity index (χ2n) is 15.3. The highest BCUT2D eigenvalue weighted by atomic mass is 19.1. The van der Waals surface area contributed by atoms with Gasteiger partial charge in [-0.1, -0.05) is 39.0 Å². The molecule has 2 bridgehead atoms. The van der Waals surface area contributed by atoms with Gasteiger partial charge in [-0.25, -0.2) is 4.39 Å². The number of likely N-dealkylation sites (N-methyl/N-ethyl adjacent to an activating group) is 1. The molecule has 8 atom stereocenters. The molecule has 1 aliphatic heterocycles. The Morgan fingerprint density at radius 3 is 2.50 bits per heavy atom. The zero-order valence-electron chi connectivity index (χ0n) is 29.8. The van der Waals surface area contributed by atoms with Crippen LogP contribution in [-0.4, -0.2) is 99.0 Å². The van der Waals surface area contributed by atoms with Crippen molar-refractivity contribution in [3.8, 4) is 11.1 Å². The van der Waals surface area contributed by atoms with Crippen LogP contribution < -0.4 is 21.3 Å². The molecule has 0 aromatic heterocycles. The number of benzene rings is 2. The zero-order valence-corrected chi connectivity index (χ0v) is 29.8. The molecule has 2 amide bonds. The molecule has 0 spiro atoms. The number of aliphatic hydroxyl groups excluding tert-OH is 1. The fourth-order valence-corrected chi connectivity index (χ4v) is 8.27. The normalized spacial score (nSPS) is 28.5. The number of carbonyl (C=O) groups is 2. The van der Waals surface area contributed by atoms with Crippen molar-refractivity contribution >= 4 is 17.5 Å². The lowest BCUT2D eigenvalue weighted by molar-refractivity contribution is -0.176. The van der Waals surface area contributed by atoms with Gasteiger partial charge in [0.2, 0.25) is 5.91 Å². The Kier molecular flexibility index (Phi) is 10.9. The van der Waals surface area contributed by atoms with Crippen molar-refractivity contribution < 1.29 is 23.9 Å². The molecule has 1 saturated heterocycles. The summed E-state index contributed by atoms with van der Waals surface area (Å²) in [6, 6.07) is 9.65. The number of fused-ring (bicyclic) bond motifs is 2. The predicted molar refractivity (Wildman–Crippen MR) is 187 cm³/mol. The largest absolute Gasteiger partial charge is 0.393 e. The Labute approximate surface area is 285 Å². The highest BCUT2D eigenvalue weighted by Crippen LogP contribution is 2.61. The van der Waals surface area contributed by atoms with E-state index < -0.39 is 30.0 Å². The quantitative estimate of drug-likeness (QED) is 0.272. The van der Waals surface area contributed by atoms with Gasteiger partial charge in [0.25, 0.3) is 5.91 Å². The van der Waals surface area contributed by atoms with Crippen LogP contribution in [0.25, 0.3) is 11.1 Å². The summed E-state index contributed by atoms with van der Waals surface area (Å²) in [5, 5.41) is 18.6. The summed E-state index contributed by atoms with van der Waals surface area (Å²) in [4.78, 5) is 37.3. The summed E-state index contributed by atoms with van der Waals surface area (Å²) in [7, 11) is 7.63. The van der Waals surface area contributed by atoms with E-state index in [-0.39, 0.29) is 36.4 Å². The van der Waals surface area contributed by atoms with Gasteiger partial charge in [-0.15, -0.1) is 0 Å². The van der Waals surface area contributed by atoms with Crippen LogP contribution in [-0.2, 0) is 16.2 Å². The Bertz CT molecular complexity index is 1480. The van der Waals surface area contributed by atoms with Crippen molar-refractivity contribution in [2.24, 2.45) is 34.8 Å². The second-order valence-corrected chi connectivity index (χ2v) is 15.3. The van der Waals surface area contributed by atoms with Crippen LogP contribution in [0.1, 0.15) is 56.5 Å². The van der Waals surface area contributed by atoms with Crippen LogP contribution in [0.2, 0.25) is 0 Å². The molecular formula is C37H55FN6O4. The Morgan fingerprint density at radius 1 is 1.17 bits per heavy atom. The third-order valence-corrected chi connectivity index (χ3v) is 11.4. The van der Waals surface area contributed by atoms with Gasteiger partial charge in [0.1, 0.15) is 11.9 Å². The number of amides is 2. The molecule has 1 heterocycles. The van der Waals surface area contributed by atoms with Gasteiger partial charge in [-0.05, 0) is 80.8 Å². The van der Waals surface area contributed by atoms with Crippen molar-refractivity contribution in [1.82, 2.24) is 20.6 Å². The molecular weight excluding hydrogens is 611 g/mol. The number of nitrogens with one attached hydrogen (secondary N) is 2. The van der Waals surface area contributed by atoms with E-state index in [9.17, 15) is 14.7 Å². The minimum Gasteiger partial charge on any atom is -0.393 e. The maximum Gasteiger partial charge on any atom is 0.251 e. The number of nitrogens with two attached hydrogens (primary N) is 1. The van der Waals surface area contributed by atoms with Crippen LogP contribution >= 0.6 is 0 Å². The predicted octanol–water partition coefficient (Wildman–Crippen LogP) is 3.48. The van der Waals surface area contributed by atoms with Crippen molar-refractivity contribution in [2.75, 3.05) is 52.7 Å². The van der Waals surface area contributed by atoms with Crippen molar-refractivity contribution in [1.29, 1.82) is 0 Å². The Morgan fingerprint density at radius 2 is 1.90 bits per heavy atom. The minimum absolute atomic E-state index is 0.0266. The monoisotopic (exact) mass is 666 g/mol. The van der Waals surface area contributed by atoms with E-state index in [0.29, 0.717) is 53.1 Å². The van der Waals surface area contributed by atoms with Crippen molar-refractivity contribution in [3.63, 3.8) is 0 Å². The fourth-order valence-electron chi connectivity index (χ4n) is 8.27. The van der Waals surface area contributed by atoms with Crippen LogP contribution in [0, 0.1) is 34.9 Å². The number of hydrogen-bond donors (Lipinski definition) is 4. The van der Waals surface area contributed by atoms with Crippen LogP contribution in [0.5, 0.6) is 0 Å². The van der Waals surface area contributed by atoms with E-state index in [2.05, 4.69) is 31.4 Å². The molecule has 5 N–H and O–H groups in total. The Balaban J connectivity index is 1.41. The van der Waals surface area contributed by atoms with E-state index in [1.807, 2.05) is 44.1 Å². The summed E-state index contributed by atoms with van der Waals surface area (Å²) in [5.41, 5.74) is 8.78. The standard InChI is InChI=1S/C37H55FN6O4/c1-21-29-17-26(37(29,3)4)18-30(21)41-36(47)34-32(22(2)45)31(19-39)48-44(34)20-23-10-9-11-28(33(23)38)24-14-25(16-27(15-24)43(7)8)35(46)40-12-13-42(5)6/h9-11,14-16,21-22,26,29-32,34,45H,12-13,17-20,39H2,1-8H3,(H,40,46)(H,41,47)/t21-,22-,26-,29+,30-,31-,32+,34-/m0/s1. The first kappa shape index (κ1) is 36.2. The third kappa shape index (κ3) is 7.12. The Hall–Kier alpha value is -3.09. The van der Waals surface area contributed by atoms with Gasteiger partial charge in [-0.3, -0.25) is 14.4 Å². The molecule has 3 aliphatic carbocycles. The van der Waals surface area contributed by atoms with Crippen molar-refractivity contribution in [3.05, 3.63) is 53.3 Å². The van der Waals surface area contributed by atoms with E-state index in [0.717, 1.165) is 12.1 Å². The average Bonchev–Trinajstić information content (AvgIpc) is 3.41. The second kappa shape index (κ2) is 14.4. The lowest BCUT2D eigenvalue weighted by Crippen LogP contribution is -2.62. The summed E-state index contributed by atoms with van der Waals surface area (Å²) >= 11 is 0. The number of hydroxylamine groups is 2. The minimum atomic E-state index is -0.873.